The van der Waals surface area contributed by atoms with Crippen molar-refractivity contribution in [3.63, 3.8) is 0 Å². The standard InChI is InChI=1S/C16H16ClN3S/c1-10-11(2)21-15-13(10)14(19-16(17)20-15)18-9-8-12-6-4-3-5-7-12/h3-7H,8-9H2,1-2H3,(H,18,19,20). The van der Waals surface area contributed by atoms with Gasteiger partial charge >= 0.3 is 0 Å². The van der Waals surface area contributed by atoms with Crippen LogP contribution in [0.15, 0.2) is 30.3 Å². The van der Waals surface area contributed by atoms with E-state index in [1.165, 1.54) is 16.0 Å². The van der Waals surface area contributed by atoms with Crippen molar-refractivity contribution in [3.05, 3.63) is 51.6 Å². The first-order valence-electron chi connectivity index (χ1n) is 6.86. The quantitative estimate of drug-likeness (QED) is 0.714. The Bertz CT molecular complexity index is 768. The van der Waals surface area contributed by atoms with Crippen molar-refractivity contribution in [1.82, 2.24) is 9.97 Å². The monoisotopic (exact) mass is 317 g/mol. The maximum atomic E-state index is 6.03. The SMILES string of the molecule is Cc1sc2nc(Cl)nc(NCCc3ccccc3)c2c1C. The van der Waals surface area contributed by atoms with Crippen LogP contribution in [0.5, 0.6) is 0 Å². The normalized spacial score (nSPS) is 11.0. The van der Waals surface area contributed by atoms with E-state index in [0.29, 0.717) is 5.28 Å². The van der Waals surface area contributed by atoms with Gasteiger partial charge in [0.1, 0.15) is 10.6 Å². The molecule has 1 aromatic carbocycles. The first-order chi connectivity index (χ1) is 10.1. The van der Waals surface area contributed by atoms with Crippen molar-refractivity contribution >= 4 is 39.0 Å². The number of anilines is 1. The Morgan fingerprint density at radius 2 is 1.90 bits per heavy atom. The number of benzene rings is 1. The maximum absolute atomic E-state index is 6.03. The Balaban J connectivity index is 1.83. The predicted octanol–water partition coefficient (Wildman–Crippen LogP) is 4.62. The van der Waals surface area contributed by atoms with Crippen LogP contribution in [-0.4, -0.2) is 16.5 Å². The molecule has 0 atom stereocenters. The number of aryl methyl sites for hydroxylation is 2. The van der Waals surface area contributed by atoms with Gasteiger partial charge in [-0.1, -0.05) is 30.3 Å². The van der Waals surface area contributed by atoms with E-state index in [9.17, 15) is 0 Å². The number of nitrogens with one attached hydrogen (secondary N) is 1. The van der Waals surface area contributed by atoms with Gasteiger partial charge in [0, 0.05) is 11.4 Å². The minimum atomic E-state index is 0.297. The molecule has 0 aliphatic carbocycles. The fourth-order valence-electron chi connectivity index (χ4n) is 2.32. The number of aromatic nitrogens is 2. The molecule has 0 aliphatic heterocycles. The van der Waals surface area contributed by atoms with Gasteiger partial charge < -0.3 is 5.32 Å². The summed E-state index contributed by atoms with van der Waals surface area (Å²) in [6, 6.07) is 10.4. The van der Waals surface area contributed by atoms with Crippen molar-refractivity contribution in [3.8, 4) is 0 Å². The molecule has 5 heteroatoms. The average molecular weight is 318 g/mol. The van der Waals surface area contributed by atoms with Gasteiger partial charge in [0.15, 0.2) is 0 Å². The Morgan fingerprint density at radius 1 is 1.14 bits per heavy atom. The molecule has 3 nitrogen and oxygen atoms in total. The molecule has 0 spiro atoms. The number of halogens is 1. The van der Waals surface area contributed by atoms with E-state index in [-0.39, 0.29) is 0 Å². The third kappa shape index (κ3) is 3.01. The Labute approximate surface area is 133 Å². The van der Waals surface area contributed by atoms with E-state index in [4.69, 9.17) is 11.6 Å². The van der Waals surface area contributed by atoms with Gasteiger partial charge in [-0.25, -0.2) is 9.97 Å². The minimum Gasteiger partial charge on any atom is -0.369 e. The summed E-state index contributed by atoms with van der Waals surface area (Å²) in [4.78, 5) is 10.9. The number of fused-ring (bicyclic) bond motifs is 1. The number of nitrogens with zero attached hydrogens (tertiary/aromatic N) is 2. The molecule has 3 rings (SSSR count). The van der Waals surface area contributed by atoms with Gasteiger partial charge in [-0.3, -0.25) is 0 Å². The third-order valence-corrected chi connectivity index (χ3v) is 4.82. The summed E-state index contributed by atoms with van der Waals surface area (Å²) in [5.74, 6) is 0.836. The summed E-state index contributed by atoms with van der Waals surface area (Å²) in [5.41, 5.74) is 2.54. The molecule has 3 aromatic rings. The molecule has 0 unspecified atom stereocenters. The van der Waals surface area contributed by atoms with Crippen LogP contribution in [0.3, 0.4) is 0 Å². The first kappa shape index (κ1) is 14.3. The second kappa shape index (κ2) is 6.00. The summed E-state index contributed by atoms with van der Waals surface area (Å²) < 4.78 is 0. The van der Waals surface area contributed by atoms with Gasteiger partial charge in [0.2, 0.25) is 5.28 Å². The van der Waals surface area contributed by atoms with Crippen molar-refractivity contribution in [2.24, 2.45) is 0 Å². The summed E-state index contributed by atoms with van der Waals surface area (Å²) in [5, 5.41) is 4.79. The van der Waals surface area contributed by atoms with Crippen molar-refractivity contribution < 1.29 is 0 Å². The van der Waals surface area contributed by atoms with E-state index in [1.807, 2.05) is 6.07 Å². The highest BCUT2D eigenvalue weighted by molar-refractivity contribution is 7.18. The number of hydrogen-bond donors (Lipinski definition) is 1. The Kier molecular flexibility index (Phi) is 4.08. The van der Waals surface area contributed by atoms with Crippen LogP contribution in [0, 0.1) is 13.8 Å². The van der Waals surface area contributed by atoms with E-state index >= 15 is 0 Å². The molecule has 0 amide bonds. The summed E-state index contributed by atoms with van der Waals surface area (Å²) in [7, 11) is 0. The second-order valence-electron chi connectivity index (χ2n) is 4.97. The number of hydrogen-bond acceptors (Lipinski definition) is 4. The fourth-order valence-corrected chi connectivity index (χ4v) is 3.57. The molecule has 0 fully saturated rings. The van der Waals surface area contributed by atoms with Gasteiger partial charge in [0.05, 0.1) is 5.39 Å². The maximum Gasteiger partial charge on any atom is 0.225 e. The van der Waals surface area contributed by atoms with Gasteiger partial charge in [-0.2, -0.15) is 0 Å². The van der Waals surface area contributed by atoms with Gasteiger partial charge in [-0.05, 0) is 43.0 Å². The van der Waals surface area contributed by atoms with E-state index < -0.39 is 0 Å². The van der Waals surface area contributed by atoms with Crippen molar-refractivity contribution in [2.75, 3.05) is 11.9 Å². The highest BCUT2D eigenvalue weighted by Gasteiger charge is 2.13. The lowest BCUT2D eigenvalue weighted by atomic mass is 10.1. The molecule has 21 heavy (non-hydrogen) atoms. The minimum absolute atomic E-state index is 0.297. The van der Waals surface area contributed by atoms with E-state index in [2.05, 4.69) is 53.4 Å². The van der Waals surface area contributed by atoms with Crippen LogP contribution < -0.4 is 5.32 Å². The lowest BCUT2D eigenvalue weighted by molar-refractivity contribution is 1.01. The lowest BCUT2D eigenvalue weighted by Gasteiger charge is -2.08. The highest BCUT2D eigenvalue weighted by Crippen LogP contribution is 2.33. The molecule has 0 bridgehead atoms. The van der Waals surface area contributed by atoms with E-state index in [1.54, 1.807) is 11.3 Å². The smallest absolute Gasteiger partial charge is 0.225 e. The van der Waals surface area contributed by atoms with Crippen molar-refractivity contribution in [2.45, 2.75) is 20.3 Å². The van der Waals surface area contributed by atoms with Gasteiger partial charge in [0.25, 0.3) is 0 Å². The molecule has 0 radical (unpaired) electrons. The van der Waals surface area contributed by atoms with E-state index in [0.717, 1.165) is 29.0 Å². The zero-order valence-electron chi connectivity index (χ0n) is 12.0. The lowest BCUT2D eigenvalue weighted by Crippen LogP contribution is -2.07. The fraction of sp³-hybridized carbons (Fsp3) is 0.250. The van der Waals surface area contributed by atoms with Crippen LogP contribution >= 0.6 is 22.9 Å². The van der Waals surface area contributed by atoms with Gasteiger partial charge in [-0.15, -0.1) is 11.3 Å². The highest BCUT2D eigenvalue weighted by atomic mass is 35.5. The van der Waals surface area contributed by atoms with Crippen LogP contribution in [0.4, 0.5) is 5.82 Å². The average Bonchev–Trinajstić information content (AvgIpc) is 2.75. The molecular weight excluding hydrogens is 302 g/mol. The summed E-state index contributed by atoms with van der Waals surface area (Å²) in [6.07, 6.45) is 0.951. The van der Waals surface area contributed by atoms with Crippen LogP contribution in [-0.2, 0) is 6.42 Å². The molecule has 0 saturated carbocycles. The van der Waals surface area contributed by atoms with Crippen LogP contribution in [0.25, 0.3) is 10.2 Å². The molecule has 0 saturated heterocycles. The molecule has 1 N–H and O–H groups in total. The molecular formula is C16H16ClN3S. The zero-order valence-corrected chi connectivity index (χ0v) is 13.6. The third-order valence-electron chi connectivity index (χ3n) is 3.55. The Hall–Kier alpha value is -1.65. The zero-order chi connectivity index (χ0) is 14.8. The second-order valence-corrected chi connectivity index (χ2v) is 6.51. The molecule has 2 heterocycles. The molecule has 2 aromatic heterocycles. The number of rotatable bonds is 4. The predicted molar refractivity (Wildman–Crippen MR) is 90.5 cm³/mol. The number of thiophene rings is 1. The first-order valence-corrected chi connectivity index (χ1v) is 8.05. The topological polar surface area (TPSA) is 37.8 Å². The summed E-state index contributed by atoms with van der Waals surface area (Å²) in [6.45, 7) is 5.03. The van der Waals surface area contributed by atoms with Crippen molar-refractivity contribution in [1.29, 1.82) is 0 Å². The Morgan fingerprint density at radius 3 is 2.67 bits per heavy atom. The molecule has 0 aliphatic rings. The summed E-state index contributed by atoms with van der Waals surface area (Å²) >= 11 is 7.69. The molecule has 108 valence electrons. The largest absolute Gasteiger partial charge is 0.369 e. The van der Waals surface area contributed by atoms with Crippen LogP contribution in [0.2, 0.25) is 5.28 Å². The van der Waals surface area contributed by atoms with Crippen LogP contribution in [0.1, 0.15) is 16.0 Å².